The molecule has 0 fully saturated rings. The van der Waals surface area contributed by atoms with Gasteiger partial charge >= 0.3 is 5.97 Å². The molecule has 1 aromatic rings. The van der Waals surface area contributed by atoms with Crippen LogP contribution in [0.5, 0.6) is 5.75 Å². The maximum absolute atomic E-state index is 10.8. The topological polar surface area (TPSA) is 46.5 Å². The molecule has 17 heavy (non-hydrogen) atoms. The lowest BCUT2D eigenvalue weighted by atomic mass is 10.1. The Morgan fingerprint density at radius 2 is 2.12 bits per heavy atom. The number of aliphatic carboxylic acids is 1. The fraction of sp³-hybridized carbons (Fsp3) is 0.357. The third kappa shape index (κ3) is 3.94. The lowest BCUT2D eigenvalue weighted by Crippen LogP contribution is -2.03. The minimum Gasteiger partial charge on any atom is -0.489 e. The van der Waals surface area contributed by atoms with E-state index in [1.807, 2.05) is 39.0 Å². The number of benzene rings is 1. The van der Waals surface area contributed by atoms with Crippen LogP contribution in [-0.2, 0) is 4.79 Å². The van der Waals surface area contributed by atoms with Crippen LogP contribution in [0.25, 0.3) is 0 Å². The average Bonchev–Trinajstić information content (AvgIpc) is 2.28. The van der Waals surface area contributed by atoms with Gasteiger partial charge < -0.3 is 9.84 Å². The van der Waals surface area contributed by atoms with Gasteiger partial charge in [-0.05, 0) is 43.5 Å². The molecule has 0 aromatic heterocycles. The molecule has 1 rings (SSSR count). The number of hydrogen-bond donors (Lipinski definition) is 1. The van der Waals surface area contributed by atoms with Crippen LogP contribution in [0.2, 0.25) is 0 Å². The van der Waals surface area contributed by atoms with Crippen molar-refractivity contribution in [2.45, 2.75) is 27.2 Å². The van der Waals surface area contributed by atoms with Crippen LogP contribution < -0.4 is 4.74 Å². The molecule has 1 aromatic carbocycles. The third-order valence-electron chi connectivity index (χ3n) is 2.57. The van der Waals surface area contributed by atoms with Gasteiger partial charge in [-0.3, -0.25) is 0 Å². The zero-order valence-corrected chi connectivity index (χ0v) is 10.5. The fourth-order valence-electron chi connectivity index (χ4n) is 1.48. The van der Waals surface area contributed by atoms with E-state index in [1.54, 1.807) is 6.08 Å². The number of aryl methyl sites for hydroxylation is 2. The van der Waals surface area contributed by atoms with Crippen molar-refractivity contribution in [3.63, 3.8) is 0 Å². The first kappa shape index (κ1) is 13.3. The number of carboxylic acids is 1. The number of rotatable bonds is 5. The van der Waals surface area contributed by atoms with E-state index in [1.165, 1.54) is 0 Å². The molecule has 3 heteroatoms. The Kier molecular flexibility index (Phi) is 4.76. The van der Waals surface area contributed by atoms with E-state index in [-0.39, 0.29) is 0 Å². The highest BCUT2D eigenvalue weighted by Crippen LogP contribution is 2.19. The molecule has 0 bridgehead atoms. The van der Waals surface area contributed by atoms with E-state index in [9.17, 15) is 4.79 Å². The van der Waals surface area contributed by atoms with Crippen LogP contribution >= 0.6 is 0 Å². The molecule has 0 unspecified atom stereocenters. The molecule has 0 saturated heterocycles. The zero-order valence-electron chi connectivity index (χ0n) is 10.5. The molecule has 0 saturated carbocycles. The van der Waals surface area contributed by atoms with E-state index in [4.69, 9.17) is 9.84 Å². The predicted molar refractivity (Wildman–Crippen MR) is 67.4 cm³/mol. The van der Waals surface area contributed by atoms with Gasteiger partial charge in [0.15, 0.2) is 0 Å². The van der Waals surface area contributed by atoms with Crippen LogP contribution in [0.3, 0.4) is 0 Å². The van der Waals surface area contributed by atoms with Crippen molar-refractivity contribution in [1.82, 2.24) is 0 Å². The number of carboxylic acid groups (broad SMARTS) is 1. The van der Waals surface area contributed by atoms with Crippen molar-refractivity contribution in [2.75, 3.05) is 6.61 Å². The molecular formula is C14H18O3. The fourth-order valence-corrected chi connectivity index (χ4v) is 1.48. The minimum atomic E-state index is -0.878. The summed E-state index contributed by atoms with van der Waals surface area (Å²) in [5.74, 6) is -0.0702. The van der Waals surface area contributed by atoms with Gasteiger partial charge in [-0.15, -0.1) is 0 Å². The Hall–Kier alpha value is -1.77. The summed E-state index contributed by atoms with van der Waals surface area (Å²) in [7, 11) is 0. The van der Waals surface area contributed by atoms with Gasteiger partial charge in [0, 0.05) is 5.57 Å². The number of carbonyl (C=O) groups is 1. The van der Waals surface area contributed by atoms with Crippen LogP contribution in [0.4, 0.5) is 0 Å². The highest BCUT2D eigenvalue weighted by atomic mass is 16.5. The van der Waals surface area contributed by atoms with Crippen LogP contribution in [0.1, 0.15) is 24.5 Å². The predicted octanol–water partition coefficient (Wildman–Crippen LogP) is 3.10. The highest BCUT2D eigenvalue weighted by Gasteiger charge is 2.04. The second kappa shape index (κ2) is 6.09. The van der Waals surface area contributed by atoms with Crippen molar-refractivity contribution in [2.24, 2.45) is 0 Å². The van der Waals surface area contributed by atoms with Crippen LogP contribution in [-0.4, -0.2) is 17.7 Å². The monoisotopic (exact) mass is 234 g/mol. The lowest BCUT2D eigenvalue weighted by molar-refractivity contribution is -0.132. The summed E-state index contributed by atoms with van der Waals surface area (Å²) in [6.45, 7) is 6.07. The zero-order chi connectivity index (χ0) is 12.8. The molecule has 0 amide bonds. The highest BCUT2D eigenvalue weighted by molar-refractivity contribution is 5.86. The van der Waals surface area contributed by atoms with Crippen molar-refractivity contribution in [1.29, 1.82) is 0 Å². The molecule has 0 aliphatic carbocycles. The molecule has 0 heterocycles. The van der Waals surface area contributed by atoms with Gasteiger partial charge in [-0.1, -0.05) is 19.1 Å². The minimum absolute atomic E-state index is 0.291. The maximum Gasteiger partial charge on any atom is 0.331 e. The van der Waals surface area contributed by atoms with Gasteiger partial charge in [-0.2, -0.15) is 0 Å². The first-order valence-electron chi connectivity index (χ1n) is 5.67. The van der Waals surface area contributed by atoms with Crippen molar-refractivity contribution in [3.05, 3.63) is 41.0 Å². The molecule has 3 nitrogen and oxygen atoms in total. The molecule has 0 spiro atoms. The Balaban J connectivity index is 2.67. The van der Waals surface area contributed by atoms with E-state index < -0.39 is 5.97 Å². The summed E-state index contributed by atoms with van der Waals surface area (Å²) in [4.78, 5) is 10.8. The molecule has 0 radical (unpaired) electrons. The van der Waals surface area contributed by atoms with E-state index in [0.717, 1.165) is 16.9 Å². The Morgan fingerprint density at radius 3 is 2.71 bits per heavy atom. The van der Waals surface area contributed by atoms with Crippen molar-refractivity contribution in [3.8, 4) is 5.75 Å². The van der Waals surface area contributed by atoms with Crippen LogP contribution in [0.15, 0.2) is 29.8 Å². The standard InChI is InChI=1S/C14H18O3/c1-4-12(14(15)16)7-8-17-13-9-10(2)5-6-11(13)3/h5-7,9H,4,8H2,1-3H3,(H,15,16). The van der Waals surface area contributed by atoms with Gasteiger partial charge in [0.1, 0.15) is 12.4 Å². The molecule has 0 atom stereocenters. The van der Waals surface area contributed by atoms with E-state index >= 15 is 0 Å². The molecule has 0 aliphatic heterocycles. The normalized spacial score (nSPS) is 11.4. The van der Waals surface area contributed by atoms with Gasteiger partial charge in [0.2, 0.25) is 0 Å². The largest absolute Gasteiger partial charge is 0.489 e. The number of ether oxygens (including phenoxy) is 1. The van der Waals surface area contributed by atoms with Crippen molar-refractivity contribution < 1.29 is 14.6 Å². The Bertz CT molecular complexity index is 433. The maximum atomic E-state index is 10.8. The third-order valence-corrected chi connectivity index (χ3v) is 2.57. The summed E-state index contributed by atoms with van der Waals surface area (Å²) in [5, 5.41) is 8.85. The second-order valence-corrected chi connectivity index (χ2v) is 3.97. The second-order valence-electron chi connectivity index (χ2n) is 3.97. The summed E-state index contributed by atoms with van der Waals surface area (Å²) < 4.78 is 5.56. The van der Waals surface area contributed by atoms with Gasteiger partial charge in [0.05, 0.1) is 0 Å². The van der Waals surface area contributed by atoms with Gasteiger partial charge in [0.25, 0.3) is 0 Å². The Labute approximate surface area is 102 Å². The molecule has 1 N–H and O–H groups in total. The Morgan fingerprint density at radius 1 is 1.41 bits per heavy atom. The van der Waals surface area contributed by atoms with Crippen LogP contribution in [0, 0.1) is 13.8 Å². The summed E-state index contributed by atoms with van der Waals surface area (Å²) >= 11 is 0. The van der Waals surface area contributed by atoms with Gasteiger partial charge in [-0.25, -0.2) is 4.79 Å². The first-order valence-corrected chi connectivity index (χ1v) is 5.67. The van der Waals surface area contributed by atoms with E-state index in [2.05, 4.69) is 0 Å². The summed E-state index contributed by atoms with van der Waals surface area (Å²) in [6, 6.07) is 5.97. The first-order chi connectivity index (χ1) is 8.04. The molecule has 0 aliphatic rings. The summed E-state index contributed by atoms with van der Waals surface area (Å²) in [6.07, 6.45) is 2.12. The lowest BCUT2D eigenvalue weighted by Gasteiger charge is -2.08. The summed E-state index contributed by atoms with van der Waals surface area (Å²) in [5.41, 5.74) is 2.57. The SMILES string of the molecule is CCC(=CCOc1cc(C)ccc1C)C(=O)O. The van der Waals surface area contributed by atoms with E-state index in [0.29, 0.717) is 18.6 Å². The van der Waals surface area contributed by atoms with Crippen molar-refractivity contribution >= 4 is 5.97 Å². The molecular weight excluding hydrogens is 216 g/mol. The number of hydrogen-bond acceptors (Lipinski definition) is 2. The molecule has 92 valence electrons. The smallest absolute Gasteiger partial charge is 0.331 e. The quantitative estimate of drug-likeness (QED) is 0.796. The average molecular weight is 234 g/mol.